The largest absolute Gasteiger partial charge is 0.490 e. The number of para-hydroxylation sites is 1. The molecule has 2 saturated heterocycles. The predicted molar refractivity (Wildman–Crippen MR) is 137 cm³/mol. The molecule has 0 amide bonds. The molecule has 8 heteroatoms. The Morgan fingerprint density at radius 3 is 2.54 bits per heavy atom. The number of aromatic nitrogens is 3. The molecule has 3 atom stereocenters. The van der Waals surface area contributed by atoms with Crippen molar-refractivity contribution in [1.82, 2.24) is 19.9 Å². The second-order valence-electron chi connectivity index (χ2n) is 9.18. The number of nitrogens with one attached hydrogen (secondary N) is 2. The Hall–Kier alpha value is -3.75. The van der Waals surface area contributed by atoms with E-state index in [-0.39, 0.29) is 6.10 Å². The number of nitrogens with zero attached hydrogens (tertiary/aromatic N) is 4. The number of hydrogen-bond donors (Lipinski definition) is 2. The molecule has 0 aliphatic carbocycles. The third-order valence-corrected chi connectivity index (χ3v) is 6.77. The maximum absolute atomic E-state index is 6.30. The van der Waals surface area contributed by atoms with E-state index in [9.17, 15) is 0 Å². The van der Waals surface area contributed by atoms with Gasteiger partial charge in [0, 0.05) is 42.2 Å². The molecule has 2 aromatic heterocycles. The average Bonchev–Trinajstić information content (AvgIpc) is 2.86. The van der Waals surface area contributed by atoms with Crippen LogP contribution < -0.4 is 15.4 Å². The highest BCUT2D eigenvalue weighted by Crippen LogP contribution is 2.30. The van der Waals surface area contributed by atoms with Crippen LogP contribution in [0.1, 0.15) is 12.8 Å². The number of ether oxygens (including phenoxy) is 2. The van der Waals surface area contributed by atoms with E-state index < -0.39 is 0 Å². The number of rotatable bonds is 6. The molecule has 0 radical (unpaired) electrons. The van der Waals surface area contributed by atoms with Gasteiger partial charge in [-0.25, -0.2) is 4.98 Å². The number of benzene rings is 2. The zero-order chi connectivity index (χ0) is 23.6. The molecule has 2 aromatic carbocycles. The van der Waals surface area contributed by atoms with Gasteiger partial charge in [-0.15, -0.1) is 0 Å². The maximum atomic E-state index is 6.30. The molecule has 2 aliphatic heterocycles. The number of piperidine rings is 1. The summed E-state index contributed by atoms with van der Waals surface area (Å²) >= 11 is 0. The van der Waals surface area contributed by atoms with Crippen LogP contribution in [-0.2, 0) is 4.74 Å². The first-order valence-electron chi connectivity index (χ1n) is 12.0. The van der Waals surface area contributed by atoms with E-state index in [4.69, 9.17) is 9.47 Å². The van der Waals surface area contributed by atoms with Crippen LogP contribution in [0.25, 0.3) is 10.9 Å². The Labute approximate surface area is 204 Å². The minimum absolute atomic E-state index is 0.222. The number of hydrogen-bond acceptors (Lipinski definition) is 8. The summed E-state index contributed by atoms with van der Waals surface area (Å²) in [6, 6.07) is 20.8. The Kier molecular flexibility index (Phi) is 5.89. The third-order valence-electron chi connectivity index (χ3n) is 6.77. The Balaban J connectivity index is 1.09. The van der Waals surface area contributed by atoms with Crippen LogP contribution in [-0.4, -0.2) is 58.3 Å². The molecule has 8 nitrogen and oxygen atoms in total. The molecule has 0 saturated carbocycles. The monoisotopic (exact) mass is 468 g/mol. The van der Waals surface area contributed by atoms with Gasteiger partial charge in [-0.1, -0.05) is 18.2 Å². The molecular formula is C27H28N6O2. The highest BCUT2D eigenvalue weighted by atomic mass is 16.5. The quantitative estimate of drug-likeness (QED) is 0.419. The van der Waals surface area contributed by atoms with Crippen molar-refractivity contribution in [2.45, 2.75) is 31.0 Å². The summed E-state index contributed by atoms with van der Waals surface area (Å²) in [6.45, 7) is 1.59. The van der Waals surface area contributed by atoms with Crippen molar-refractivity contribution in [3.63, 3.8) is 0 Å². The van der Waals surface area contributed by atoms with Gasteiger partial charge in [0.2, 0.25) is 5.95 Å². The van der Waals surface area contributed by atoms with Crippen molar-refractivity contribution in [1.29, 1.82) is 0 Å². The lowest BCUT2D eigenvalue weighted by Crippen LogP contribution is -2.57. The normalized spacial score (nSPS) is 22.0. The van der Waals surface area contributed by atoms with Crippen LogP contribution in [0.2, 0.25) is 0 Å². The second-order valence-corrected chi connectivity index (χ2v) is 9.18. The zero-order valence-electron chi connectivity index (χ0n) is 19.6. The van der Waals surface area contributed by atoms with Crippen LogP contribution in [0, 0.1) is 0 Å². The van der Waals surface area contributed by atoms with E-state index in [0.29, 0.717) is 23.8 Å². The van der Waals surface area contributed by atoms with Gasteiger partial charge in [0.25, 0.3) is 0 Å². The fourth-order valence-corrected chi connectivity index (χ4v) is 4.86. The summed E-state index contributed by atoms with van der Waals surface area (Å²) < 4.78 is 12.0. The van der Waals surface area contributed by atoms with Crippen LogP contribution in [0.15, 0.2) is 73.1 Å². The van der Waals surface area contributed by atoms with Gasteiger partial charge < -0.3 is 20.1 Å². The van der Waals surface area contributed by atoms with Gasteiger partial charge >= 0.3 is 0 Å². The molecule has 2 bridgehead atoms. The van der Waals surface area contributed by atoms with E-state index >= 15 is 0 Å². The van der Waals surface area contributed by atoms with Crippen molar-refractivity contribution in [2.75, 3.05) is 30.9 Å². The van der Waals surface area contributed by atoms with E-state index in [1.165, 1.54) is 0 Å². The fraction of sp³-hybridized carbons (Fsp3) is 0.296. The fourth-order valence-electron chi connectivity index (χ4n) is 4.86. The first kappa shape index (κ1) is 21.8. The molecule has 1 unspecified atom stereocenters. The Morgan fingerprint density at radius 2 is 1.71 bits per heavy atom. The van der Waals surface area contributed by atoms with Crippen LogP contribution in [0.3, 0.4) is 0 Å². The molecule has 2 N–H and O–H groups in total. The Morgan fingerprint density at radius 1 is 0.914 bits per heavy atom. The summed E-state index contributed by atoms with van der Waals surface area (Å²) in [6.07, 6.45) is 5.74. The number of fused-ring (bicyclic) bond motifs is 3. The summed E-state index contributed by atoms with van der Waals surface area (Å²) in [4.78, 5) is 15.9. The molecule has 4 heterocycles. The standard InChI is InChI=1S/C27H28N6O2/c1-33-21-13-24(14-22(33)17-34-16-21)35-23-8-6-19(7-9-23)31-27-28-11-10-26(32-27)30-20-12-18-4-2-3-5-25(18)29-15-20/h2-12,15,21-22,24H,13-14,16-17H2,1H3,(H2,28,30,31,32)/t21-,22+,24?. The summed E-state index contributed by atoms with van der Waals surface area (Å²) in [5, 5.41) is 7.66. The highest BCUT2D eigenvalue weighted by molar-refractivity contribution is 5.82. The van der Waals surface area contributed by atoms with E-state index in [1.54, 1.807) is 12.4 Å². The lowest BCUT2D eigenvalue weighted by atomic mass is 9.92. The number of likely N-dealkylation sites (N-methyl/N-ethyl adjacent to an activating group) is 1. The second kappa shape index (κ2) is 9.48. The average molecular weight is 469 g/mol. The number of pyridine rings is 1. The van der Waals surface area contributed by atoms with Gasteiger partial charge in [-0.05, 0) is 49.5 Å². The smallest absolute Gasteiger partial charge is 0.229 e. The van der Waals surface area contributed by atoms with E-state index in [0.717, 1.165) is 54.1 Å². The zero-order valence-corrected chi connectivity index (χ0v) is 19.6. The van der Waals surface area contributed by atoms with Crippen LogP contribution in [0.4, 0.5) is 23.1 Å². The summed E-state index contributed by atoms with van der Waals surface area (Å²) in [5.74, 6) is 2.08. The lowest BCUT2D eigenvalue weighted by Gasteiger charge is -2.46. The SMILES string of the molecule is CN1[C@@H]2COC[C@H]1CC(Oc1ccc(Nc3nccc(Nc4cnc5ccccc5c4)n3)cc1)C2. The first-order chi connectivity index (χ1) is 17.2. The van der Waals surface area contributed by atoms with Gasteiger partial charge in [0.1, 0.15) is 17.7 Å². The van der Waals surface area contributed by atoms with Gasteiger partial charge in [0.15, 0.2) is 0 Å². The molecule has 35 heavy (non-hydrogen) atoms. The molecule has 6 rings (SSSR count). The van der Waals surface area contributed by atoms with Crippen molar-refractivity contribution in [2.24, 2.45) is 0 Å². The summed E-state index contributed by atoms with van der Waals surface area (Å²) in [5.41, 5.74) is 2.73. The highest BCUT2D eigenvalue weighted by Gasteiger charge is 2.37. The molecule has 4 aromatic rings. The molecular weight excluding hydrogens is 440 g/mol. The van der Waals surface area contributed by atoms with Gasteiger partial charge in [-0.2, -0.15) is 4.98 Å². The topological polar surface area (TPSA) is 84.4 Å². The predicted octanol–water partition coefficient (Wildman–Crippen LogP) is 4.75. The van der Waals surface area contributed by atoms with Crippen LogP contribution in [0.5, 0.6) is 5.75 Å². The number of anilines is 4. The van der Waals surface area contributed by atoms with E-state index in [1.807, 2.05) is 54.6 Å². The lowest BCUT2D eigenvalue weighted by molar-refractivity contribution is -0.0879. The van der Waals surface area contributed by atoms with Crippen LogP contribution >= 0.6 is 0 Å². The van der Waals surface area contributed by atoms with Crippen molar-refractivity contribution < 1.29 is 9.47 Å². The minimum atomic E-state index is 0.222. The molecule has 0 spiro atoms. The van der Waals surface area contributed by atoms with Crippen molar-refractivity contribution >= 4 is 34.0 Å². The van der Waals surface area contributed by atoms with Gasteiger partial charge in [-0.3, -0.25) is 9.88 Å². The third kappa shape index (κ3) is 4.89. The Bertz CT molecular complexity index is 1300. The summed E-state index contributed by atoms with van der Waals surface area (Å²) in [7, 11) is 2.19. The van der Waals surface area contributed by atoms with E-state index in [2.05, 4.69) is 43.6 Å². The van der Waals surface area contributed by atoms with Crippen molar-refractivity contribution in [3.05, 3.63) is 73.1 Å². The minimum Gasteiger partial charge on any atom is -0.490 e. The number of morpholine rings is 1. The molecule has 178 valence electrons. The maximum Gasteiger partial charge on any atom is 0.229 e. The molecule has 2 fully saturated rings. The van der Waals surface area contributed by atoms with Gasteiger partial charge in [0.05, 0.1) is 30.6 Å². The van der Waals surface area contributed by atoms with Crippen molar-refractivity contribution in [3.8, 4) is 5.75 Å². The first-order valence-corrected chi connectivity index (χ1v) is 12.0. The molecule has 2 aliphatic rings.